The molecule has 1 heterocycles. The quantitative estimate of drug-likeness (QED) is 0.690. The number of nitrogens with zero attached hydrogens (tertiary/aromatic N) is 2. The zero-order chi connectivity index (χ0) is 7.84. The Labute approximate surface area is 88.7 Å². The van der Waals surface area contributed by atoms with Crippen molar-refractivity contribution in [1.82, 2.24) is 9.78 Å². The Hall–Kier alpha value is -0.930. The molecule has 0 amide bonds. The summed E-state index contributed by atoms with van der Waals surface area (Å²) in [6.07, 6.45) is 1.92. The normalized spacial score (nSPS) is 9.00. The van der Waals surface area contributed by atoms with Crippen molar-refractivity contribution in [3.8, 4) is 0 Å². The van der Waals surface area contributed by atoms with Gasteiger partial charge in [0.25, 0.3) is 0 Å². The van der Waals surface area contributed by atoms with Crippen LogP contribution < -0.4 is 5.73 Å². The highest BCUT2D eigenvalue weighted by molar-refractivity contribution is 5.89. The van der Waals surface area contributed by atoms with Crippen LogP contribution in [0, 0.1) is 0 Å². The smallest absolute Gasteiger partial charge is 0.0943 e. The molecular formula is C8H11Cl2N3. The second kappa shape index (κ2) is 4.35. The van der Waals surface area contributed by atoms with Gasteiger partial charge in [-0.1, -0.05) is 6.07 Å². The molecule has 5 heteroatoms. The molecule has 72 valence electrons. The zero-order valence-corrected chi connectivity index (χ0v) is 8.73. The third-order valence-electron chi connectivity index (χ3n) is 1.70. The number of rotatable bonds is 0. The van der Waals surface area contributed by atoms with E-state index < -0.39 is 0 Å². The summed E-state index contributed by atoms with van der Waals surface area (Å²) in [4.78, 5) is 0. The topological polar surface area (TPSA) is 43.8 Å². The Bertz CT molecular complexity index is 397. The first-order valence-corrected chi connectivity index (χ1v) is 3.45. The minimum absolute atomic E-state index is 0. The Morgan fingerprint density at radius 2 is 2.00 bits per heavy atom. The van der Waals surface area contributed by atoms with E-state index in [9.17, 15) is 0 Å². The van der Waals surface area contributed by atoms with Gasteiger partial charge in [-0.25, -0.2) is 0 Å². The van der Waals surface area contributed by atoms with Gasteiger partial charge in [-0.3, -0.25) is 4.68 Å². The lowest BCUT2D eigenvalue weighted by atomic mass is 10.2. The molecule has 0 atom stereocenters. The van der Waals surface area contributed by atoms with Gasteiger partial charge in [-0.2, -0.15) is 5.10 Å². The van der Waals surface area contributed by atoms with E-state index in [1.54, 1.807) is 4.68 Å². The monoisotopic (exact) mass is 219 g/mol. The highest BCUT2D eigenvalue weighted by Gasteiger charge is 1.99. The Morgan fingerprint density at radius 3 is 2.62 bits per heavy atom. The number of fused-ring (bicyclic) bond motifs is 1. The minimum atomic E-state index is 0. The van der Waals surface area contributed by atoms with Gasteiger partial charge in [0, 0.05) is 24.3 Å². The number of nitrogens with two attached hydrogens (primary N) is 1. The molecule has 13 heavy (non-hydrogen) atoms. The van der Waals surface area contributed by atoms with E-state index in [0.717, 1.165) is 16.6 Å². The average Bonchev–Trinajstić information content (AvgIpc) is 2.31. The van der Waals surface area contributed by atoms with E-state index in [0.29, 0.717) is 0 Å². The lowest BCUT2D eigenvalue weighted by Gasteiger charge is -1.90. The molecule has 0 saturated carbocycles. The zero-order valence-electron chi connectivity index (χ0n) is 7.10. The lowest BCUT2D eigenvalue weighted by Crippen LogP contribution is -1.84. The molecule has 0 bridgehead atoms. The fourth-order valence-electron chi connectivity index (χ4n) is 1.18. The van der Waals surface area contributed by atoms with Crippen molar-refractivity contribution < 1.29 is 0 Å². The van der Waals surface area contributed by atoms with E-state index >= 15 is 0 Å². The van der Waals surface area contributed by atoms with Crippen molar-refractivity contribution in [2.24, 2.45) is 7.05 Å². The molecule has 0 fully saturated rings. The second-order valence-electron chi connectivity index (χ2n) is 2.58. The van der Waals surface area contributed by atoms with Crippen LogP contribution in [-0.4, -0.2) is 9.78 Å². The molecule has 0 spiro atoms. The standard InChI is InChI=1S/C8H9N3.2ClH/c1-11-5-6-7(9)3-2-4-8(6)10-11;;/h2-5H,9H2,1H3;2*1H. The number of aromatic nitrogens is 2. The first-order valence-electron chi connectivity index (χ1n) is 3.45. The van der Waals surface area contributed by atoms with Gasteiger partial charge >= 0.3 is 0 Å². The average molecular weight is 220 g/mol. The molecule has 2 rings (SSSR count). The van der Waals surface area contributed by atoms with Gasteiger partial charge < -0.3 is 5.73 Å². The molecule has 0 unspecified atom stereocenters. The fourth-order valence-corrected chi connectivity index (χ4v) is 1.18. The van der Waals surface area contributed by atoms with Crippen LogP contribution in [0.1, 0.15) is 0 Å². The highest BCUT2D eigenvalue weighted by Crippen LogP contribution is 2.17. The minimum Gasteiger partial charge on any atom is -0.398 e. The summed E-state index contributed by atoms with van der Waals surface area (Å²) < 4.78 is 1.76. The molecule has 0 aliphatic rings. The SMILES string of the molecule is Cl.Cl.Cn1cc2c(N)cccc2n1. The van der Waals surface area contributed by atoms with E-state index in [2.05, 4.69) is 5.10 Å². The van der Waals surface area contributed by atoms with E-state index in [-0.39, 0.29) is 24.8 Å². The molecule has 0 aliphatic heterocycles. The first-order chi connectivity index (χ1) is 5.27. The van der Waals surface area contributed by atoms with Crippen LogP contribution in [0.25, 0.3) is 10.9 Å². The summed E-state index contributed by atoms with van der Waals surface area (Å²) in [7, 11) is 1.89. The summed E-state index contributed by atoms with van der Waals surface area (Å²) in [5.41, 5.74) is 7.46. The Morgan fingerprint density at radius 1 is 1.31 bits per heavy atom. The number of benzene rings is 1. The summed E-state index contributed by atoms with van der Waals surface area (Å²) in [6.45, 7) is 0. The van der Waals surface area contributed by atoms with Crippen molar-refractivity contribution in [2.75, 3.05) is 5.73 Å². The van der Waals surface area contributed by atoms with Gasteiger partial charge in [0.15, 0.2) is 0 Å². The summed E-state index contributed by atoms with van der Waals surface area (Å²) >= 11 is 0. The van der Waals surface area contributed by atoms with Crippen molar-refractivity contribution in [3.63, 3.8) is 0 Å². The molecular weight excluding hydrogens is 209 g/mol. The van der Waals surface area contributed by atoms with Crippen LogP contribution in [0.15, 0.2) is 24.4 Å². The summed E-state index contributed by atoms with van der Waals surface area (Å²) in [5, 5.41) is 5.23. The number of anilines is 1. The molecule has 0 saturated heterocycles. The van der Waals surface area contributed by atoms with Gasteiger partial charge in [-0.15, -0.1) is 24.8 Å². The van der Waals surface area contributed by atoms with Crippen molar-refractivity contribution in [1.29, 1.82) is 0 Å². The van der Waals surface area contributed by atoms with Crippen LogP contribution in [0.2, 0.25) is 0 Å². The highest BCUT2D eigenvalue weighted by atomic mass is 35.5. The predicted octanol–water partition coefficient (Wildman–Crippen LogP) is 2.00. The maximum atomic E-state index is 5.72. The molecule has 2 aromatic rings. The van der Waals surface area contributed by atoms with Crippen LogP contribution in [0.5, 0.6) is 0 Å². The molecule has 2 N–H and O–H groups in total. The van der Waals surface area contributed by atoms with Crippen molar-refractivity contribution in [3.05, 3.63) is 24.4 Å². The largest absolute Gasteiger partial charge is 0.398 e. The number of hydrogen-bond acceptors (Lipinski definition) is 2. The maximum Gasteiger partial charge on any atom is 0.0943 e. The molecule has 0 aliphatic carbocycles. The Kier molecular flexibility index (Phi) is 4.04. The lowest BCUT2D eigenvalue weighted by molar-refractivity contribution is 0.780. The number of nitrogen functional groups attached to an aromatic ring is 1. The van der Waals surface area contributed by atoms with E-state index in [1.165, 1.54) is 0 Å². The van der Waals surface area contributed by atoms with Gasteiger partial charge in [0.2, 0.25) is 0 Å². The van der Waals surface area contributed by atoms with E-state index in [4.69, 9.17) is 5.73 Å². The first kappa shape index (κ1) is 12.1. The van der Waals surface area contributed by atoms with Crippen LogP contribution >= 0.6 is 24.8 Å². The number of hydrogen-bond donors (Lipinski definition) is 1. The molecule has 0 radical (unpaired) electrons. The van der Waals surface area contributed by atoms with Crippen molar-refractivity contribution >= 4 is 41.4 Å². The van der Waals surface area contributed by atoms with E-state index in [1.807, 2.05) is 31.4 Å². The second-order valence-corrected chi connectivity index (χ2v) is 2.58. The van der Waals surface area contributed by atoms with Gasteiger partial charge in [0.05, 0.1) is 5.52 Å². The van der Waals surface area contributed by atoms with Crippen LogP contribution in [0.4, 0.5) is 5.69 Å². The summed E-state index contributed by atoms with van der Waals surface area (Å²) in [5.74, 6) is 0. The fraction of sp³-hybridized carbons (Fsp3) is 0.125. The Balaban J connectivity index is 0.000000720. The molecule has 1 aromatic heterocycles. The van der Waals surface area contributed by atoms with Gasteiger partial charge in [-0.05, 0) is 12.1 Å². The van der Waals surface area contributed by atoms with Crippen molar-refractivity contribution in [2.45, 2.75) is 0 Å². The molecule has 1 aromatic carbocycles. The maximum absolute atomic E-state index is 5.72. The predicted molar refractivity (Wildman–Crippen MR) is 59.6 cm³/mol. The number of aryl methyl sites for hydroxylation is 1. The van der Waals surface area contributed by atoms with Gasteiger partial charge in [0.1, 0.15) is 0 Å². The molecule has 3 nitrogen and oxygen atoms in total. The van der Waals surface area contributed by atoms with Crippen LogP contribution in [0.3, 0.4) is 0 Å². The summed E-state index contributed by atoms with van der Waals surface area (Å²) in [6, 6.07) is 5.74. The number of halogens is 2. The third kappa shape index (κ3) is 2.05. The third-order valence-corrected chi connectivity index (χ3v) is 1.70. The van der Waals surface area contributed by atoms with Crippen LogP contribution in [-0.2, 0) is 7.05 Å².